The van der Waals surface area contributed by atoms with Crippen LogP contribution in [0.5, 0.6) is 5.75 Å². The molecule has 21 heavy (non-hydrogen) atoms. The molecule has 2 rings (SSSR count). The van der Waals surface area contributed by atoms with Crippen LogP contribution >= 0.6 is 0 Å². The molecule has 0 heterocycles. The molecule has 5 nitrogen and oxygen atoms in total. The summed E-state index contributed by atoms with van der Waals surface area (Å²) in [5.74, 6) is -1.04. The second-order valence-corrected chi connectivity index (χ2v) is 4.62. The number of aromatic hydroxyl groups is 1. The molecule has 0 aromatic heterocycles. The van der Waals surface area contributed by atoms with Gasteiger partial charge in [-0.3, -0.25) is 9.59 Å². The number of phenols is 1. The molecule has 108 valence electrons. The van der Waals surface area contributed by atoms with Crippen LogP contribution < -0.4 is 5.32 Å². The Morgan fingerprint density at radius 2 is 1.62 bits per heavy atom. The molecule has 0 atom stereocenters. The third kappa shape index (κ3) is 4.35. The molecule has 0 saturated carbocycles. The summed E-state index contributed by atoms with van der Waals surface area (Å²) in [6, 6.07) is 13.2. The maximum Gasteiger partial charge on any atom is 0.307 e. The summed E-state index contributed by atoms with van der Waals surface area (Å²) in [6.07, 6.45) is 0.0113. The van der Waals surface area contributed by atoms with Crippen LogP contribution in [0.4, 0.5) is 5.69 Å². The molecular formula is C16H15NO4. The van der Waals surface area contributed by atoms with Gasteiger partial charge in [-0.1, -0.05) is 30.3 Å². The summed E-state index contributed by atoms with van der Waals surface area (Å²) < 4.78 is 0. The number of hydrogen-bond acceptors (Lipinski definition) is 3. The topological polar surface area (TPSA) is 86.6 Å². The van der Waals surface area contributed by atoms with E-state index in [2.05, 4.69) is 5.32 Å². The van der Waals surface area contributed by atoms with Gasteiger partial charge in [0.25, 0.3) is 0 Å². The van der Waals surface area contributed by atoms with Crippen molar-refractivity contribution in [2.75, 3.05) is 5.32 Å². The third-order valence-corrected chi connectivity index (χ3v) is 2.93. The molecule has 0 aliphatic heterocycles. The molecule has 1 amide bonds. The van der Waals surface area contributed by atoms with Crippen molar-refractivity contribution in [3.05, 3.63) is 59.7 Å². The highest BCUT2D eigenvalue weighted by molar-refractivity contribution is 5.93. The molecule has 0 aliphatic carbocycles. The van der Waals surface area contributed by atoms with E-state index in [1.165, 1.54) is 12.1 Å². The van der Waals surface area contributed by atoms with Crippen LogP contribution in [-0.2, 0) is 22.4 Å². The molecular weight excluding hydrogens is 270 g/mol. The van der Waals surface area contributed by atoms with Crippen LogP contribution in [0.3, 0.4) is 0 Å². The molecule has 2 aromatic rings. The van der Waals surface area contributed by atoms with Gasteiger partial charge in [0, 0.05) is 5.69 Å². The Labute approximate surface area is 121 Å². The smallest absolute Gasteiger partial charge is 0.307 e. The first-order chi connectivity index (χ1) is 10.0. The zero-order valence-corrected chi connectivity index (χ0v) is 11.2. The predicted octanol–water partition coefficient (Wildman–Crippen LogP) is 2.20. The maximum absolute atomic E-state index is 12.0. The van der Waals surface area contributed by atoms with E-state index in [-0.39, 0.29) is 24.5 Å². The molecule has 0 fully saturated rings. The highest BCUT2D eigenvalue weighted by Gasteiger charge is 2.09. The SMILES string of the molecule is O=C(O)Cc1ccccc1NC(=O)Cc1ccc(O)cc1. The zero-order chi connectivity index (χ0) is 15.2. The summed E-state index contributed by atoms with van der Waals surface area (Å²) in [4.78, 5) is 22.8. The van der Waals surface area contributed by atoms with E-state index in [4.69, 9.17) is 5.11 Å². The van der Waals surface area contributed by atoms with E-state index in [0.29, 0.717) is 11.3 Å². The monoisotopic (exact) mass is 285 g/mol. The minimum Gasteiger partial charge on any atom is -0.508 e. The number of carboxylic acid groups (broad SMARTS) is 1. The second kappa shape index (κ2) is 6.56. The minimum absolute atomic E-state index is 0.143. The number of amides is 1. The van der Waals surface area contributed by atoms with Crippen LogP contribution in [0, 0.1) is 0 Å². The van der Waals surface area contributed by atoms with Crippen molar-refractivity contribution in [2.45, 2.75) is 12.8 Å². The number of benzene rings is 2. The van der Waals surface area contributed by atoms with Crippen LogP contribution in [0.25, 0.3) is 0 Å². The fourth-order valence-corrected chi connectivity index (χ4v) is 1.95. The van der Waals surface area contributed by atoms with Crippen molar-refractivity contribution >= 4 is 17.6 Å². The van der Waals surface area contributed by atoms with Crippen molar-refractivity contribution in [1.29, 1.82) is 0 Å². The van der Waals surface area contributed by atoms with Gasteiger partial charge in [0.05, 0.1) is 12.8 Å². The molecule has 0 radical (unpaired) electrons. The lowest BCUT2D eigenvalue weighted by molar-refractivity contribution is -0.136. The average molecular weight is 285 g/mol. The first-order valence-corrected chi connectivity index (χ1v) is 6.42. The number of para-hydroxylation sites is 1. The van der Waals surface area contributed by atoms with Crippen LogP contribution in [0.2, 0.25) is 0 Å². The Hall–Kier alpha value is -2.82. The lowest BCUT2D eigenvalue weighted by atomic mass is 10.1. The number of nitrogens with one attached hydrogen (secondary N) is 1. The fourth-order valence-electron chi connectivity index (χ4n) is 1.95. The highest BCUT2D eigenvalue weighted by atomic mass is 16.4. The van der Waals surface area contributed by atoms with Crippen LogP contribution in [0.15, 0.2) is 48.5 Å². The molecule has 0 saturated heterocycles. The Kier molecular flexibility index (Phi) is 4.56. The molecule has 2 aromatic carbocycles. The third-order valence-electron chi connectivity index (χ3n) is 2.93. The van der Waals surface area contributed by atoms with Gasteiger partial charge in [-0.2, -0.15) is 0 Å². The van der Waals surface area contributed by atoms with Crippen molar-refractivity contribution in [3.8, 4) is 5.75 Å². The van der Waals surface area contributed by atoms with Crippen LogP contribution in [-0.4, -0.2) is 22.1 Å². The van der Waals surface area contributed by atoms with Gasteiger partial charge in [0.1, 0.15) is 5.75 Å². The summed E-state index contributed by atoms with van der Waals surface area (Å²) >= 11 is 0. The van der Waals surface area contributed by atoms with E-state index in [1.54, 1.807) is 36.4 Å². The summed E-state index contributed by atoms with van der Waals surface area (Å²) in [5.41, 5.74) is 1.83. The van der Waals surface area contributed by atoms with E-state index >= 15 is 0 Å². The summed E-state index contributed by atoms with van der Waals surface area (Å²) in [7, 11) is 0. The summed E-state index contributed by atoms with van der Waals surface area (Å²) in [6.45, 7) is 0. The second-order valence-electron chi connectivity index (χ2n) is 4.62. The number of phenolic OH excluding ortho intramolecular Hbond substituents is 1. The first kappa shape index (κ1) is 14.6. The van der Waals surface area contributed by atoms with Gasteiger partial charge in [0.2, 0.25) is 5.91 Å². The maximum atomic E-state index is 12.0. The Balaban J connectivity index is 2.05. The van der Waals surface area contributed by atoms with Gasteiger partial charge in [-0.05, 0) is 29.3 Å². The number of carboxylic acids is 1. The zero-order valence-electron chi connectivity index (χ0n) is 11.2. The first-order valence-electron chi connectivity index (χ1n) is 6.42. The lowest BCUT2D eigenvalue weighted by Crippen LogP contribution is -2.16. The fraction of sp³-hybridized carbons (Fsp3) is 0.125. The number of rotatable bonds is 5. The molecule has 0 aliphatic rings. The van der Waals surface area contributed by atoms with E-state index in [9.17, 15) is 14.7 Å². The van der Waals surface area contributed by atoms with Crippen molar-refractivity contribution in [3.63, 3.8) is 0 Å². The Morgan fingerprint density at radius 1 is 0.952 bits per heavy atom. The number of carbonyl (C=O) groups excluding carboxylic acids is 1. The normalized spacial score (nSPS) is 10.1. The Bertz CT molecular complexity index is 650. The van der Waals surface area contributed by atoms with E-state index in [0.717, 1.165) is 5.56 Å². The number of hydrogen-bond donors (Lipinski definition) is 3. The quantitative estimate of drug-likeness (QED) is 0.786. The average Bonchev–Trinajstić information content (AvgIpc) is 2.43. The predicted molar refractivity (Wildman–Crippen MR) is 78.2 cm³/mol. The summed E-state index contributed by atoms with van der Waals surface area (Å²) in [5, 5.41) is 20.8. The minimum atomic E-state index is -0.949. The Morgan fingerprint density at radius 3 is 2.29 bits per heavy atom. The van der Waals surface area contributed by atoms with Gasteiger partial charge >= 0.3 is 5.97 Å². The molecule has 0 bridgehead atoms. The lowest BCUT2D eigenvalue weighted by Gasteiger charge is -2.09. The molecule has 3 N–H and O–H groups in total. The number of aliphatic carboxylic acids is 1. The highest BCUT2D eigenvalue weighted by Crippen LogP contribution is 2.17. The largest absolute Gasteiger partial charge is 0.508 e. The number of anilines is 1. The van der Waals surface area contributed by atoms with E-state index in [1.807, 2.05) is 0 Å². The van der Waals surface area contributed by atoms with Gasteiger partial charge < -0.3 is 15.5 Å². The van der Waals surface area contributed by atoms with Gasteiger partial charge in [-0.25, -0.2) is 0 Å². The molecule has 0 unspecified atom stereocenters. The van der Waals surface area contributed by atoms with Crippen LogP contribution in [0.1, 0.15) is 11.1 Å². The van der Waals surface area contributed by atoms with Crippen molar-refractivity contribution in [2.24, 2.45) is 0 Å². The van der Waals surface area contributed by atoms with Crippen molar-refractivity contribution in [1.82, 2.24) is 0 Å². The molecule has 0 spiro atoms. The number of carbonyl (C=O) groups is 2. The molecule has 5 heteroatoms. The van der Waals surface area contributed by atoms with Gasteiger partial charge in [0.15, 0.2) is 0 Å². The van der Waals surface area contributed by atoms with Gasteiger partial charge in [-0.15, -0.1) is 0 Å². The van der Waals surface area contributed by atoms with E-state index < -0.39 is 5.97 Å². The van der Waals surface area contributed by atoms with Crippen molar-refractivity contribution < 1.29 is 19.8 Å². The standard InChI is InChI=1S/C16H15NO4/c18-13-7-5-11(6-8-13)9-15(19)17-14-4-2-1-3-12(14)10-16(20)21/h1-8,18H,9-10H2,(H,17,19)(H,20,21).